The highest BCUT2D eigenvalue weighted by Gasteiger charge is 2.42. The van der Waals surface area contributed by atoms with Crippen LogP contribution in [0.5, 0.6) is 0 Å². The van der Waals surface area contributed by atoms with Gasteiger partial charge < -0.3 is 13.6 Å². The van der Waals surface area contributed by atoms with Crippen LogP contribution in [0, 0.1) is 12.8 Å². The maximum atomic E-state index is 6.27. The van der Waals surface area contributed by atoms with E-state index >= 15 is 0 Å². The highest BCUT2D eigenvalue weighted by atomic mass is 16.5. The normalized spacial score (nSPS) is 30.6. The lowest BCUT2D eigenvalue weighted by Gasteiger charge is -2.33. The van der Waals surface area contributed by atoms with Crippen molar-refractivity contribution in [2.75, 3.05) is 13.1 Å². The first-order chi connectivity index (χ1) is 11.7. The van der Waals surface area contributed by atoms with Gasteiger partial charge in [-0.05, 0) is 57.2 Å². The summed E-state index contributed by atoms with van der Waals surface area (Å²) >= 11 is 0. The van der Waals surface area contributed by atoms with Gasteiger partial charge in [-0.1, -0.05) is 0 Å². The van der Waals surface area contributed by atoms with E-state index in [4.69, 9.17) is 13.6 Å². The fourth-order valence-electron chi connectivity index (χ4n) is 3.96. The van der Waals surface area contributed by atoms with E-state index in [1.54, 1.807) is 0 Å². The van der Waals surface area contributed by atoms with Crippen LogP contribution in [0.2, 0.25) is 0 Å². The Labute approximate surface area is 141 Å². The fraction of sp³-hybridized carbons (Fsp3) is 0.667. The number of hydrogen-bond acceptors (Lipinski definition) is 6. The molecule has 0 spiro atoms. The quantitative estimate of drug-likeness (QED) is 0.858. The molecule has 6 heteroatoms. The van der Waals surface area contributed by atoms with Gasteiger partial charge in [0, 0.05) is 12.5 Å². The summed E-state index contributed by atoms with van der Waals surface area (Å²) in [5.41, 5.74) is 0. The molecule has 0 N–H and O–H groups in total. The number of likely N-dealkylation sites (tertiary alicyclic amines) is 1. The topological polar surface area (TPSA) is 64.5 Å². The largest absolute Gasteiger partial charge is 0.465 e. The molecule has 3 aliphatic rings. The molecular formula is C18H23N3O3. The SMILES string of the molecule is Cc1ccc(CN2CC[C@@H]3C[C@H](c4nnc(C5CC5)o4)O[C@H]3C2)o1. The second-order valence-electron chi connectivity index (χ2n) is 7.45. The van der Waals surface area contributed by atoms with Gasteiger partial charge in [-0.3, -0.25) is 4.90 Å². The van der Waals surface area contributed by atoms with Crippen LogP contribution in [-0.4, -0.2) is 34.3 Å². The molecule has 24 heavy (non-hydrogen) atoms. The standard InChI is InChI=1S/C18H23N3O3/c1-11-2-5-14(22-11)9-21-7-6-13-8-15(23-16(13)10-21)18-20-19-17(24-18)12-3-4-12/h2,5,12-13,15-16H,3-4,6-10H2,1H3/t13-,15-,16+/m1/s1. The highest BCUT2D eigenvalue weighted by molar-refractivity contribution is 5.06. The number of piperidine rings is 1. The molecule has 6 nitrogen and oxygen atoms in total. The number of rotatable bonds is 4. The van der Waals surface area contributed by atoms with Crippen molar-refractivity contribution in [1.82, 2.24) is 15.1 Å². The molecule has 2 aliphatic heterocycles. The van der Waals surface area contributed by atoms with Crippen LogP contribution >= 0.6 is 0 Å². The number of aromatic nitrogens is 2. The number of nitrogens with zero attached hydrogens (tertiary/aromatic N) is 3. The van der Waals surface area contributed by atoms with Gasteiger partial charge in [0.25, 0.3) is 0 Å². The van der Waals surface area contributed by atoms with Crippen molar-refractivity contribution in [2.45, 2.75) is 57.3 Å². The van der Waals surface area contributed by atoms with E-state index in [1.165, 1.54) is 12.8 Å². The summed E-state index contributed by atoms with van der Waals surface area (Å²) in [6.07, 6.45) is 4.76. The lowest BCUT2D eigenvalue weighted by Crippen LogP contribution is -2.41. The Hall–Kier alpha value is -1.66. The van der Waals surface area contributed by atoms with Crippen LogP contribution in [-0.2, 0) is 11.3 Å². The van der Waals surface area contributed by atoms with Gasteiger partial charge in [-0.25, -0.2) is 0 Å². The fourth-order valence-corrected chi connectivity index (χ4v) is 3.96. The molecule has 2 aromatic heterocycles. The Kier molecular flexibility index (Phi) is 3.49. The molecule has 3 atom stereocenters. The van der Waals surface area contributed by atoms with Crippen LogP contribution in [0.3, 0.4) is 0 Å². The molecule has 2 aromatic rings. The Morgan fingerprint density at radius 3 is 2.79 bits per heavy atom. The number of hydrogen-bond donors (Lipinski definition) is 0. The minimum Gasteiger partial charge on any atom is -0.465 e. The zero-order valence-corrected chi connectivity index (χ0v) is 14.0. The highest BCUT2D eigenvalue weighted by Crippen LogP contribution is 2.43. The first-order valence-corrected chi connectivity index (χ1v) is 9.01. The van der Waals surface area contributed by atoms with Crippen molar-refractivity contribution in [3.8, 4) is 0 Å². The summed E-state index contributed by atoms with van der Waals surface area (Å²) in [6, 6.07) is 4.09. The van der Waals surface area contributed by atoms with E-state index in [1.807, 2.05) is 13.0 Å². The monoisotopic (exact) mass is 329 g/mol. The summed E-state index contributed by atoms with van der Waals surface area (Å²) < 4.78 is 17.8. The van der Waals surface area contributed by atoms with Gasteiger partial charge in [0.2, 0.25) is 11.8 Å². The number of aryl methyl sites for hydroxylation is 1. The molecule has 4 heterocycles. The number of ether oxygens (including phenoxy) is 1. The predicted molar refractivity (Wildman–Crippen MR) is 85.3 cm³/mol. The lowest BCUT2D eigenvalue weighted by molar-refractivity contribution is -0.0189. The van der Waals surface area contributed by atoms with E-state index in [2.05, 4.69) is 21.2 Å². The Bertz CT molecular complexity index is 721. The smallest absolute Gasteiger partial charge is 0.245 e. The van der Waals surface area contributed by atoms with Crippen LogP contribution in [0.4, 0.5) is 0 Å². The molecule has 128 valence electrons. The third-order valence-corrected chi connectivity index (χ3v) is 5.47. The zero-order chi connectivity index (χ0) is 16.1. The average molecular weight is 329 g/mol. The number of fused-ring (bicyclic) bond motifs is 1. The van der Waals surface area contributed by atoms with Crippen LogP contribution in [0.25, 0.3) is 0 Å². The molecular weight excluding hydrogens is 306 g/mol. The van der Waals surface area contributed by atoms with Crippen molar-refractivity contribution >= 4 is 0 Å². The maximum absolute atomic E-state index is 6.27. The second-order valence-corrected chi connectivity index (χ2v) is 7.45. The van der Waals surface area contributed by atoms with Crippen molar-refractivity contribution in [2.24, 2.45) is 5.92 Å². The first-order valence-electron chi connectivity index (χ1n) is 9.01. The van der Waals surface area contributed by atoms with Gasteiger partial charge in [-0.15, -0.1) is 10.2 Å². The Morgan fingerprint density at radius 1 is 1.12 bits per heavy atom. The molecule has 0 bridgehead atoms. The van der Waals surface area contributed by atoms with Crippen LogP contribution < -0.4 is 0 Å². The van der Waals surface area contributed by atoms with Crippen molar-refractivity contribution in [3.05, 3.63) is 35.4 Å². The summed E-state index contributed by atoms with van der Waals surface area (Å²) in [6.45, 7) is 4.89. The molecule has 0 amide bonds. The molecule has 0 unspecified atom stereocenters. The van der Waals surface area contributed by atoms with Gasteiger partial charge in [0.1, 0.15) is 17.6 Å². The molecule has 1 aliphatic carbocycles. The number of furan rings is 1. The van der Waals surface area contributed by atoms with E-state index in [9.17, 15) is 0 Å². The predicted octanol–water partition coefficient (Wildman–Crippen LogP) is 3.20. The van der Waals surface area contributed by atoms with E-state index in [-0.39, 0.29) is 12.2 Å². The van der Waals surface area contributed by atoms with Gasteiger partial charge >= 0.3 is 0 Å². The van der Waals surface area contributed by atoms with Crippen molar-refractivity contribution < 1.29 is 13.6 Å². The van der Waals surface area contributed by atoms with Gasteiger partial charge in [0.05, 0.1) is 12.6 Å². The van der Waals surface area contributed by atoms with Crippen molar-refractivity contribution in [3.63, 3.8) is 0 Å². The summed E-state index contributed by atoms with van der Waals surface area (Å²) in [5.74, 6) is 4.59. The Balaban J connectivity index is 1.22. The molecule has 1 saturated carbocycles. The molecule has 0 radical (unpaired) electrons. The summed E-state index contributed by atoms with van der Waals surface area (Å²) in [5, 5.41) is 8.43. The summed E-state index contributed by atoms with van der Waals surface area (Å²) in [4.78, 5) is 2.42. The van der Waals surface area contributed by atoms with Gasteiger partial charge in [-0.2, -0.15) is 0 Å². The van der Waals surface area contributed by atoms with E-state index in [0.717, 1.165) is 49.9 Å². The molecule has 2 saturated heterocycles. The molecule has 0 aromatic carbocycles. The average Bonchev–Trinajstić information content (AvgIpc) is 2.98. The second kappa shape index (κ2) is 5.70. The minimum atomic E-state index is -0.0224. The third-order valence-electron chi connectivity index (χ3n) is 5.47. The van der Waals surface area contributed by atoms with Gasteiger partial charge in [0.15, 0.2) is 0 Å². The van der Waals surface area contributed by atoms with Crippen LogP contribution in [0.1, 0.15) is 61.0 Å². The lowest BCUT2D eigenvalue weighted by atomic mass is 9.92. The maximum Gasteiger partial charge on any atom is 0.245 e. The van der Waals surface area contributed by atoms with E-state index < -0.39 is 0 Å². The Morgan fingerprint density at radius 2 is 2.00 bits per heavy atom. The van der Waals surface area contributed by atoms with Crippen molar-refractivity contribution in [1.29, 1.82) is 0 Å². The molecule has 3 fully saturated rings. The third kappa shape index (κ3) is 2.78. The first kappa shape index (κ1) is 14.7. The van der Waals surface area contributed by atoms with E-state index in [0.29, 0.717) is 17.7 Å². The van der Waals surface area contributed by atoms with Crippen LogP contribution in [0.15, 0.2) is 21.0 Å². The zero-order valence-electron chi connectivity index (χ0n) is 14.0. The minimum absolute atomic E-state index is 0.0224. The molecule has 5 rings (SSSR count). The summed E-state index contributed by atoms with van der Waals surface area (Å²) in [7, 11) is 0.